The second-order valence-corrected chi connectivity index (χ2v) is 5.97. The molecular formula is C18H17ClN4O3. The highest BCUT2D eigenvalue weighted by Gasteiger charge is 2.11. The Bertz CT molecular complexity index is 922. The zero-order valence-corrected chi connectivity index (χ0v) is 14.8. The molecule has 0 bridgehead atoms. The van der Waals surface area contributed by atoms with Gasteiger partial charge < -0.3 is 15.0 Å². The van der Waals surface area contributed by atoms with Gasteiger partial charge >= 0.3 is 0 Å². The number of aromatic amines is 1. The average Bonchev–Trinajstić information content (AvgIpc) is 3.03. The van der Waals surface area contributed by atoms with E-state index in [9.17, 15) is 9.59 Å². The Balaban J connectivity index is 1.51. The molecule has 0 fully saturated rings. The molecule has 2 aromatic carbocycles. The number of ether oxygens (including phenoxy) is 1. The number of nitrogens with zero attached hydrogens (tertiary/aromatic N) is 1. The Morgan fingerprint density at radius 2 is 2.00 bits per heavy atom. The van der Waals surface area contributed by atoms with Gasteiger partial charge in [-0.3, -0.25) is 14.9 Å². The van der Waals surface area contributed by atoms with Crippen molar-refractivity contribution in [1.29, 1.82) is 0 Å². The molecule has 0 saturated carbocycles. The van der Waals surface area contributed by atoms with Gasteiger partial charge in [-0.25, -0.2) is 4.98 Å². The zero-order chi connectivity index (χ0) is 18.5. The van der Waals surface area contributed by atoms with Gasteiger partial charge in [0.25, 0.3) is 0 Å². The number of nitrogens with one attached hydrogen (secondary N) is 3. The third-order valence-corrected chi connectivity index (χ3v) is 4.06. The van der Waals surface area contributed by atoms with Crippen LogP contribution in [-0.2, 0) is 16.0 Å². The number of amides is 2. The predicted molar refractivity (Wildman–Crippen MR) is 99.4 cm³/mol. The number of aromatic nitrogens is 2. The number of rotatable bonds is 6. The Kier molecular flexibility index (Phi) is 5.38. The van der Waals surface area contributed by atoms with Crippen molar-refractivity contribution in [2.75, 3.05) is 19.0 Å². The fourth-order valence-electron chi connectivity index (χ4n) is 2.40. The number of halogens is 1. The second-order valence-electron chi connectivity index (χ2n) is 5.56. The molecule has 3 aromatic rings. The number of carbonyl (C=O) groups is 2. The summed E-state index contributed by atoms with van der Waals surface area (Å²) in [5.41, 5.74) is 2.23. The first-order valence-corrected chi connectivity index (χ1v) is 8.26. The van der Waals surface area contributed by atoms with Crippen LogP contribution in [0.4, 0.5) is 5.95 Å². The molecule has 0 aliphatic carbocycles. The Morgan fingerprint density at radius 3 is 2.73 bits per heavy atom. The highest BCUT2D eigenvalue weighted by molar-refractivity contribution is 6.31. The number of fused-ring (bicyclic) bond motifs is 1. The van der Waals surface area contributed by atoms with Gasteiger partial charge in [0, 0.05) is 5.02 Å². The van der Waals surface area contributed by atoms with Crippen LogP contribution in [0.25, 0.3) is 11.0 Å². The van der Waals surface area contributed by atoms with Crippen molar-refractivity contribution in [2.45, 2.75) is 6.42 Å². The lowest BCUT2D eigenvalue weighted by molar-refractivity contribution is -0.123. The summed E-state index contributed by atoms with van der Waals surface area (Å²) < 4.78 is 5.07. The Hall–Kier alpha value is -3.06. The third-order valence-electron chi connectivity index (χ3n) is 3.70. The maximum absolute atomic E-state index is 12.0. The SMILES string of the molecule is COc1ccc(CC(=O)NCC(=O)Nc2nc3ccccc3[nH]2)c(Cl)c1. The van der Waals surface area contributed by atoms with Crippen molar-refractivity contribution >= 4 is 40.4 Å². The van der Waals surface area contributed by atoms with Crippen molar-refractivity contribution in [3.63, 3.8) is 0 Å². The van der Waals surface area contributed by atoms with Gasteiger partial charge in [-0.2, -0.15) is 0 Å². The van der Waals surface area contributed by atoms with Crippen LogP contribution in [0.2, 0.25) is 5.02 Å². The molecule has 1 aromatic heterocycles. The second kappa shape index (κ2) is 7.88. The largest absolute Gasteiger partial charge is 0.497 e. The normalized spacial score (nSPS) is 10.5. The summed E-state index contributed by atoms with van der Waals surface area (Å²) in [6.45, 7) is -0.163. The zero-order valence-electron chi connectivity index (χ0n) is 14.0. The van der Waals surface area contributed by atoms with Crippen LogP contribution >= 0.6 is 11.6 Å². The quantitative estimate of drug-likeness (QED) is 0.619. The van der Waals surface area contributed by atoms with Gasteiger partial charge in [0.2, 0.25) is 17.8 Å². The summed E-state index contributed by atoms with van der Waals surface area (Å²) >= 11 is 6.11. The van der Waals surface area contributed by atoms with Crippen molar-refractivity contribution in [2.24, 2.45) is 0 Å². The summed E-state index contributed by atoms with van der Waals surface area (Å²) in [4.78, 5) is 31.2. The first-order chi connectivity index (χ1) is 12.5. The third kappa shape index (κ3) is 4.31. The van der Waals surface area contributed by atoms with Crippen LogP contribution in [0.1, 0.15) is 5.56 Å². The van der Waals surface area contributed by atoms with Crippen LogP contribution in [0.15, 0.2) is 42.5 Å². The molecule has 2 amide bonds. The molecule has 0 aliphatic rings. The molecule has 0 spiro atoms. The summed E-state index contributed by atoms with van der Waals surface area (Å²) in [6.07, 6.45) is 0.0702. The van der Waals surface area contributed by atoms with E-state index in [2.05, 4.69) is 20.6 Å². The molecule has 1 heterocycles. The fraction of sp³-hybridized carbons (Fsp3) is 0.167. The van der Waals surface area contributed by atoms with E-state index in [4.69, 9.17) is 16.3 Å². The van der Waals surface area contributed by atoms with Crippen molar-refractivity contribution in [3.8, 4) is 5.75 Å². The van der Waals surface area contributed by atoms with Crippen LogP contribution in [0, 0.1) is 0 Å². The lowest BCUT2D eigenvalue weighted by Crippen LogP contribution is -2.34. The number of methoxy groups -OCH3 is 1. The summed E-state index contributed by atoms with van der Waals surface area (Å²) in [6, 6.07) is 12.5. The van der Waals surface area contributed by atoms with Crippen LogP contribution < -0.4 is 15.4 Å². The van der Waals surface area contributed by atoms with Gasteiger partial charge in [0.05, 0.1) is 31.1 Å². The molecule has 0 aliphatic heterocycles. The van der Waals surface area contributed by atoms with Gasteiger partial charge in [0.15, 0.2) is 0 Å². The van der Waals surface area contributed by atoms with Gasteiger partial charge in [-0.15, -0.1) is 0 Å². The summed E-state index contributed by atoms with van der Waals surface area (Å²) in [5, 5.41) is 5.61. The number of hydrogen-bond donors (Lipinski definition) is 3. The number of anilines is 1. The maximum atomic E-state index is 12.0. The molecule has 134 valence electrons. The van der Waals surface area contributed by atoms with E-state index >= 15 is 0 Å². The molecule has 0 unspecified atom stereocenters. The number of hydrogen-bond acceptors (Lipinski definition) is 4. The van der Waals surface area contributed by atoms with Crippen molar-refractivity contribution in [1.82, 2.24) is 15.3 Å². The number of imidazole rings is 1. The van der Waals surface area contributed by atoms with Crippen LogP contribution in [0.3, 0.4) is 0 Å². The lowest BCUT2D eigenvalue weighted by Gasteiger charge is -2.08. The lowest BCUT2D eigenvalue weighted by atomic mass is 10.1. The highest BCUT2D eigenvalue weighted by Crippen LogP contribution is 2.22. The predicted octanol–water partition coefficient (Wildman–Crippen LogP) is 2.52. The first kappa shape index (κ1) is 17.8. The molecule has 26 heavy (non-hydrogen) atoms. The highest BCUT2D eigenvalue weighted by atomic mass is 35.5. The van der Waals surface area contributed by atoms with E-state index in [1.54, 1.807) is 25.3 Å². The van der Waals surface area contributed by atoms with E-state index in [0.29, 0.717) is 22.3 Å². The Morgan fingerprint density at radius 1 is 1.19 bits per heavy atom. The minimum absolute atomic E-state index is 0.0702. The van der Waals surface area contributed by atoms with E-state index in [1.807, 2.05) is 24.3 Å². The average molecular weight is 373 g/mol. The van der Waals surface area contributed by atoms with Crippen LogP contribution in [0.5, 0.6) is 5.75 Å². The van der Waals surface area contributed by atoms with Gasteiger partial charge in [0.1, 0.15) is 5.75 Å². The molecular weight excluding hydrogens is 356 g/mol. The molecule has 3 N–H and O–H groups in total. The van der Waals surface area contributed by atoms with Gasteiger partial charge in [-0.1, -0.05) is 29.8 Å². The molecule has 3 rings (SSSR count). The fourth-order valence-corrected chi connectivity index (χ4v) is 2.64. The maximum Gasteiger partial charge on any atom is 0.246 e. The van der Waals surface area contributed by atoms with Crippen LogP contribution in [-0.4, -0.2) is 35.4 Å². The number of benzene rings is 2. The standard InChI is InChI=1S/C18H17ClN4O3/c1-26-12-7-6-11(13(19)9-12)8-16(24)20-10-17(25)23-18-21-14-4-2-3-5-15(14)22-18/h2-7,9H,8,10H2,1H3,(H,20,24)(H2,21,22,23,25). The molecule has 0 radical (unpaired) electrons. The number of carbonyl (C=O) groups excluding carboxylic acids is 2. The van der Waals surface area contributed by atoms with E-state index in [-0.39, 0.29) is 24.8 Å². The molecule has 7 nitrogen and oxygen atoms in total. The van der Waals surface area contributed by atoms with E-state index < -0.39 is 0 Å². The minimum Gasteiger partial charge on any atom is -0.497 e. The summed E-state index contributed by atoms with van der Waals surface area (Å²) in [5.74, 6) is 0.267. The molecule has 8 heteroatoms. The van der Waals surface area contributed by atoms with E-state index in [1.165, 1.54) is 0 Å². The first-order valence-electron chi connectivity index (χ1n) is 7.89. The molecule has 0 saturated heterocycles. The van der Waals surface area contributed by atoms with E-state index in [0.717, 1.165) is 11.0 Å². The number of H-pyrrole nitrogens is 1. The van der Waals surface area contributed by atoms with Crippen molar-refractivity contribution in [3.05, 3.63) is 53.1 Å². The monoisotopic (exact) mass is 372 g/mol. The minimum atomic E-state index is -0.377. The topological polar surface area (TPSA) is 96.1 Å². The Labute approximate surface area is 154 Å². The molecule has 0 atom stereocenters. The summed E-state index contributed by atoms with van der Waals surface area (Å²) in [7, 11) is 1.54. The van der Waals surface area contributed by atoms with Crippen molar-refractivity contribution < 1.29 is 14.3 Å². The number of para-hydroxylation sites is 2. The van der Waals surface area contributed by atoms with Gasteiger partial charge in [-0.05, 0) is 29.8 Å². The smallest absolute Gasteiger partial charge is 0.246 e.